The molecule has 0 saturated carbocycles. The van der Waals surface area contributed by atoms with Crippen molar-refractivity contribution in [3.8, 4) is 23.0 Å². The summed E-state index contributed by atoms with van der Waals surface area (Å²) in [5.74, 6) is 4.76. The van der Waals surface area contributed by atoms with Crippen molar-refractivity contribution in [1.29, 1.82) is 10.8 Å². The Labute approximate surface area is 303 Å². The van der Waals surface area contributed by atoms with Gasteiger partial charge in [-0.3, -0.25) is 0 Å². The van der Waals surface area contributed by atoms with E-state index < -0.39 is 0 Å². The summed E-state index contributed by atoms with van der Waals surface area (Å²) >= 11 is 3.48. The van der Waals surface area contributed by atoms with Crippen molar-refractivity contribution >= 4 is 34.9 Å². The van der Waals surface area contributed by atoms with Crippen LogP contribution in [0.4, 0.5) is 11.4 Å². The number of ether oxygens (including phenoxy) is 4. The SMILES string of the molecule is CCCCSc1cc(OCC)c([N+]#N)cc1OCC.CCCCSc1cc(OCC)c([N+]#N)cc1OCC.[Cl-].[Cl-].[Cl-].[Cl-].[Zn+2]. The third-order valence-corrected chi connectivity index (χ3v) is 7.22. The zero-order chi connectivity index (χ0) is 28.2. The topological polar surface area (TPSA) is 93.2 Å². The van der Waals surface area contributed by atoms with Gasteiger partial charge in [-0.2, -0.15) is 0 Å². The Hall–Kier alpha value is -1.04. The van der Waals surface area contributed by atoms with Gasteiger partial charge in [-0.05, 0) is 52.0 Å². The van der Waals surface area contributed by atoms with Gasteiger partial charge in [0.2, 0.25) is 22.3 Å². The van der Waals surface area contributed by atoms with E-state index in [1.807, 2.05) is 39.8 Å². The van der Waals surface area contributed by atoms with Crippen molar-refractivity contribution in [1.82, 2.24) is 0 Å². The molecule has 43 heavy (non-hydrogen) atoms. The standard InChI is InChI=1S/2C14H21N2O2S.4ClH.Zn/c2*1-4-7-8-19-14-10-12(17-5-2)11(16-15)9-13(14)18-6-3;;;;;/h2*9-10H,4-8H2,1-3H3;4*1H;/q2*+1;;;;;+2/p-4. The first-order valence-corrected chi connectivity index (χ1v) is 15.3. The van der Waals surface area contributed by atoms with E-state index in [1.165, 1.54) is 12.8 Å². The van der Waals surface area contributed by atoms with Gasteiger partial charge in [0.1, 0.15) is 11.5 Å². The second-order valence-corrected chi connectivity index (χ2v) is 10.1. The van der Waals surface area contributed by atoms with E-state index in [1.54, 1.807) is 35.7 Å². The summed E-state index contributed by atoms with van der Waals surface area (Å²) in [5, 5.41) is 18.1. The van der Waals surface area contributed by atoms with Crippen molar-refractivity contribution in [3.63, 3.8) is 0 Å². The fraction of sp³-hybridized carbons (Fsp3) is 0.571. The van der Waals surface area contributed by atoms with Gasteiger partial charge in [0.25, 0.3) is 0 Å². The quantitative estimate of drug-likeness (QED) is 0.0819. The third-order valence-electron chi connectivity index (χ3n) is 4.98. The number of benzene rings is 2. The van der Waals surface area contributed by atoms with E-state index in [-0.39, 0.29) is 69.1 Å². The van der Waals surface area contributed by atoms with Gasteiger partial charge in [-0.25, -0.2) is 0 Å². The molecule has 0 aromatic heterocycles. The molecule has 0 unspecified atom stereocenters. The van der Waals surface area contributed by atoms with Gasteiger partial charge >= 0.3 is 30.9 Å². The Morgan fingerprint density at radius 1 is 0.535 bits per heavy atom. The summed E-state index contributed by atoms with van der Waals surface area (Å²) in [6, 6.07) is 7.24. The molecule has 8 nitrogen and oxygen atoms in total. The molecule has 2 aromatic rings. The molecule has 15 heteroatoms. The number of hydrogen-bond donors (Lipinski definition) is 0. The zero-order valence-corrected chi connectivity index (χ0v) is 33.5. The molecule has 0 saturated heterocycles. The number of rotatable bonds is 16. The van der Waals surface area contributed by atoms with Crippen molar-refractivity contribution < 1.29 is 88.1 Å². The van der Waals surface area contributed by atoms with Gasteiger partial charge in [-0.15, -0.1) is 23.5 Å². The first-order valence-electron chi connectivity index (χ1n) is 13.4. The number of thioether (sulfide) groups is 2. The first kappa shape index (κ1) is 51.5. The summed E-state index contributed by atoms with van der Waals surface area (Å²) in [7, 11) is 0. The summed E-state index contributed by atoms with van der Waals surface area (Å²) in [5.41, 5.74) is 0.815. The fourth-order valence-electron chi connectivity index (χ4n) is 3.17. The van der Waals surface area contributed by atoms with Crippen LogP contribution in [0.5, 0.6) is 23.0 Å². The minimum atomic E-state index is 0. The Balaban J connectivity index is -0.000000201. The minimum absolute atomic E-state index is 0. The average molecular weight is 770 g/mol. The van der Waals surface area contributed by atoms with Crippen molar-refractivity contribution in [2.75, 3.05) is 37.9 Å². The molecule has 240 valence electrons. The molecular formula is C28H42Cl4N4O4S2Zn. The van der Waals surface area contributed by atoms with E-state index in [9.17, 15) is 0 Å². The molecule has 2 aromatic carbocycles. The molecule has 0 aliphatic carbocycles. The van der Waals surface area contributed by atoms with Crippen LogP contribution in [0.1, 0.15) is 67.2 Å². The van der Waals surface area contributed by atoms with Crippen LogP contribution < -0.4 is 68.6 Å². The van der Waals surface area contributed by atoms with Crippen molar-refractivity contribution in [2.45, 2.75) is 77.0 Å². The minimum Gasteiger partial charge on any atom is -1.00 e. The number of halogens is 4. The Morgan fingerprint density at radius 2 is 0.837 bits per heavy atom. The van der Waals surface area contributed by atoms with E-state index in [0.29, 0.717) is 49.3 Å². The van der Waals surface area contributed by atoms with Crippen LogP contribution >= 0.6 is 23.5 Å². The van der Waals surface area contributed by atoms with Crippen LogP contribution in [0.25, 0.3) is 9.95 Å². The molecule has 0 spiro atoms. The van der Waals surface area contributed by atoms with Crippen LogP contribution in [-0.2, 0) is 19.5 Å². The van der Waals surface area contributed by atoms with Gasteiger partial charge in [0.05, 0.1) is 48.4 Å². The number of hydrogen-bond acceptors (Lipinski definition) is 8. The Morgan fingerprint density at radius 3 is 1.09 bits per heavy atom. The van der Waals surface area contributed by atoms with Crippen molar-refractivity contribution in [2.24, 2.45) is 0 Å². The van der Waals surface area contributed by atoms with Gasteiger partial charge in [0.15, 0.2) is 9.95 Å². The molecule has 0 radical (unpaired) electrons. The number of diazo groups is 2. The smallest absolute Gasteiger partial charge is 1.00 e. The second-order valence-electron chi connectivity index (χ2n) is 7.87. The predicted molar refractivity (Wildman–Crippen MR) is 158 cm³/mol. The molecule has 0 atom stereocenters. The molecule has 0 aliphatic rings. The summed E-state index contributed by atoms with van der Waals surface area (Å²) in [6.07, 6.45) is 4.65. The molecule has 0 heterocycles. The maximum atomic E-state index is 9.03. The van der Waals surface area contributed by atoms with Gasteiger partial charge in [0, 0.05) is 12.1 Å². The molecule has 2 rings (SSSR count). The number of nitrogens with zero attached hydrogens (tertiary/aromatic N) is 4. The third kappa shape index (κ3) is 19.2. The normalized spacial score (nSPS) is 8.84. The molecule has 0 fully saturated rings. The van der Waals surface area contributed by atoms with E-state index >= 15 is 0 Å². The van der Waals surface area contributed by atoms with E-state index in [2.05, 4.69) is 23.8 Å². The van der Waals surface area contributed by atoms with Crippen LogP contribution in [0.3, 0.4) is 0 Å². The molecule has 0 bridgehead atoms. The Kier molecular flexibility index (Phi) is 38.8. The monoisotopic (exact) mass is 766 g/mol. The first-order chi connectivity index (χ1) is 18.5. The van der Waals surface area contributed by atoms with E-state index in [0.717, 1.165) is 45.6 Å². The van der Waals surface area contributed by atoms with Crippen LogP contribution in [0.2, 0.25) is 0 Å². The van der Waals surface area contributed by atoms with Crippen LogP contribution in [0, 0.1) is 10.8 Å². The summed E-state index contributed by atoms with van der Waals surface area (Å²) in [6.45, 7) is 14.3. The largest absolute Gasteiger partial charge is 2.00 e. The molecule has 0 N–H and O–H groups in total. The summed E-state index contributed by atoms with van der Waals surface area (Å²) < 4.78 is 22.2. The maximum Gasteiger partial charge on any atom is 2.00 e. The number of unbranched alkanes of at least 4 members (excludes halogenated alkanes) is 2. The van der Waals surface area contributed by atoms with Crippen LogP contribution in [-0.4, -0.2) is 37.9 Å². The van der Waals surface area contributed by atoms with Crippen LogP contribution in [0.15, 0.2) is 34.1 Å². The zero-order valence-electron chi connectivity index (χ0n) is 25.8. The average Bonchev–Trinajstić information content (AvgIpc) is 2.92. The second kappa shape index (κ2) is 32.4. The molecular weight excluding hydrogens is 728 g/mol. The van der Waals surface area contributed by atoms with E-state index in [4.69, 9.17) is 29.7 Å². The Bertz CT molecular complexity index is 997. The summed E-state index contributed by atoms with van der Waals surface area (Å²) in [4.78, 5) is 8.58. The van der Waals surface area contributed by atoms with Crippen molar-refractivity contribution in [3.05, 3.63) is 34.2 Å². The maximum absolute atomic E-state index is 9.03. The molecule has 0 amide bonds. The van der Waals surface area contributed by atoms with Gasteiger partial charge < -0.3 is 68.6 Å². The fourth-order valence-corrected chi connectivity index (χ4v) is 5.38. The molecule has 0 aliphatic heterocycles. The van der Waals surface area contributed by atoms with Gasteiger partial charge in [-0.1, -0.05) is 26.7 Å². The predicted octanol–water partition coefficient (Wildman–Crippen LogP) is -2.26.